The lowest BCUT2D eigenvalue weighted by atomic mass is 10.1. The number of hydrogen-bond acceptors (Lipinski definition) is 4. The van der Waals surface area contributed by atoms with E-state index in [1.165, 1.54) is 0 Å². The van der Waals surface area contributed by atoms with Crippen LogP contribution in [0.3, 0.4) is 0 Å². The summed E-state index contributed by atoms with van der Waals surface area (Å²) in [6, 6.07) is 27.3. The Hall–Kier alpha value is -3.66. The maximum Gasteiger partial charge on any atom is 0.311 e. The number of hydrogen-bond donors (Lipinski definition) is 0. The zero-order valence-electron chi connectivity index (χ0n) is 19.4. The molecule has 0 aliphatic heterocycles. The number of carbonyl (C=O) groups excluding carboxylic acids is 2. The Balaban J connectivity index is 1.08. The Kier molecular flexibility index (Phi) is 8.28. The van der Waals surface area contributed by atoms with Crippen molar-refractivity contribution in [2.45, 2.75) is 51.4 Å². The van der Waals surface area contributed by atoms with Crippen LogP contribution in [0.4, 0.5) is 0 Å². The average Bonchev–Trinajstić information content (AvgIpc) is 2.86. The highest BCUT2D eigenvalue weighted by Crippen LogP contribution is 2.27. The van der Waals surface area contributed by atoms with Crippen LogP contribution in [0.25, 0.3) is 21.5 Å². The van der Waals surface area contributed by atoms with Crippen LogP contribution in [0.1, 0.15) is 51.4 Å². The lowest BCUT2D eigenvalue weighted by Crippen LogP contribution is -2.08. The minimum atomic E-state index is -0.187. The largest absolute Gasteiger partial charge is 0.426 e. The Labute approximate surface area is 200 Å². The van der Waals surface area contributed by atoms with E-state index < -0.39 is 0 Å². The van der Waals surface area contributed by atoms with Crippen molar-refractivity contribution >= 4 is 33.5 Å². The topological polar surface area (TPSA) is 52.6 Å². The summed E-state index contributed by atoms with van der Waals surface area (Å²) in [7, 11) is 0. The first-order chi connectivity index (χ1) is 16.7. The zero-order valence-corrected chi connectivity index (χ0v) is 19.4. The fourth-order valence-electron chi connectivity index (χ4n) is 4.16. The molecule has 0 fully saturated rings. The second-order valence-electron chi connectivity index (χ2n) is 8.52. The monoisotopic (exact) mass is 454 g/mol. The van der Waals surface area contributed by atoms with E-state index in [4.69, 9.17) is 9.47 Å². The Morgan fingerprint density at radius 3 is 1.32 bits per heavy atom. The summed E-state index contributed by atoms with van der Waals surface area (Å²) in [5.41, 5.74) is 0. The number of unbranched alkanes of at least 4 members (excludes halogenated alkanes) is 5. The van der Waals surface area contributed by atoms with Gasteiger partial charge in [0.05, 0.1) is 0 Å². The summed E-state index contributed by atoms with van der Waals surface area (Å²) in [6.45, 7) is 0. The van der Waals surface area contributed by atoms with Gasteiger partial charge in [-0.25, -0.2) is 0 Å². The minimum Gasteiger partial charge on any atom is -0.426 e. The van der Waals surface area contributed by atoms with Crippen molar-refractivity contribution in [1.82, 2.24) is 0 Å². The van der Waals surface area contributed by atoms with E-state index in [0.29, 0.717) is 24.3 Å². The maximum atomic E-state index is 12.2. The molecule has 0 atom stereocenters. The molecule has 0 saturated carbocycles. The second kappa shape index (κ2) is 12.0. The molecule has 0 N–H and O–H groups in total. The molecule has 0 aliphatic rings. The second-order valence-corrected chi connectivity index (χ2v) is 8.52. The fourth-order valence-corrected chi connectivity index (χ4v) is 4.16. The summed E-state index contributed by atoms with van der Waals surface area (Å²) in [5.74, 6) is 0.872. The van der Waals surface area contributed by atoms with E-state index in [-0.39, 0.29) is 11.9 Å². The van der Waals surface area contributed by atoms with Gasteiger partial charge in [0.2, 0.25) is 0 Å². The summed E-state index contributed by atoms with van der Waals surface area (Å²) in [6.07, 6.45) is 6.50. The molecular weight excluding hydrogens is 424 g/mol. The van der Waals surface area contributed by atoms with Crippen molar-refractivity contribution in [3.05, 3.63) is 84.9 Å². The first kappa shape index (κ1) is 23.5. The third kappa shape index (κ3) is 6.44. The maximum absolute atomic E-state index is 12.2. The molecule has 0 radical (unpaired) electrons. The molecule has 34 heavy (non-hydrogen) atoms. The molecule has 0 bridgehead atoms. The molecule has 4 heteroatoms. The summed E-state index contributed by atoms with van der Waals surface area (Å²) in [5, 5.41) is 4.04. The van der Waals surface area contributed by atoms with E-state index in [1.807, 2.05) is 84.9 Å². The Morgan fingerprint density at radius 1 is 0.471 bits per heavy atom. The van der Waals surface area contributed by atoms with Gasteiger partial charge < -0.3 is 9.47 Å². The number of benzene rings is 4. The van der Waals surface area contributed by atoms with Gasteiger partial charge in [-0.3, -0.25) is 9.59 Å². The molecule has 4 rings (SSSR count). The summed E-state index contributed by atoms with van der Waals surface area (Å²) >= 11 is 0. The van der Waals surface area contributed by atoms with Gasteiger partial charge in [0.1, 0.15) is 11.5 Å². The van der Waals surface area contributed by atoms with Crippen molar-refractivity contribution < 1.29 is 19.1 Å². The predicted octanol–water partition coefficient (Wildman–Crippen LogP) is 7.62. The Morgan fingerprint density at radius 2 is 0.853 bits per heavy atom. The van der Waals surface area contributed by atoms with Gasteiger partial charge in [-0.05, 0) is 35.7 Å². The molecule has 174 valence electrons. The normalized spacial score (nSPS) is 10.9. The SMILES string of the molecule is O=C(CCCCCCCCC(=O)Oc1cccc2ccccc12)Oc1cccc2ccccc12. The molecule has 0 saturated heterocycles. The minimum absolute atomic E-state index is 0.187. The van der Waals surface area contributed by atoms with Gasteiger partial charge in [-0.2, -0.15) is 0 Å². The molecule has 0 unspecified atom stereocenters. The van der Waals surface area contributed by atoms with E-state index in [1.54, 1.807) is 0 Å². The molecule has 4 aromatic carbocycles. The summed E-state index contributed by atoms with van der Waals surface area (Å²) < 4.78 is 11.2. The van der Waals surface area contributed by atoms with Crippen LogP contribution in [0.5, 0.6) is 11.5 Å². The number of carbonyl (C=O) groups is 2. The number of ether oxygens (including phenoxy) is 2. The molecule has 0 amide bonds. The average molecular weight is 455 g/mol. The van der Waals surface area contributed by atoms with Gasteiger partial charge in [0.15, 0.2) is 0 Å². The van der Waals surface area contributed by atoms with Crippen LogP contribution in [0.15, 0.2) is 84.9 Å². The highest BCUT2D eigenvalue weighted by atomic mass is 16.5. The van der Waals surface area contributed by atoms with Gasteiger partial charge in [-0.15, -0.1) is 0 Å². The van der Waals surface area contributed by atoms with Crippen molar-refractivity contribution in [3.8, 4) is 11.5 Å². The van der Waals surface area contributed by atoms with Gasteiger partial charge >= 0.3 is 11.9 Å². The van der Waals surface area contributed by atoms with E-state index in [2.05, 4.69) is 0 Å². The third-order valence-electron chi connectivity index (χ3n) is 5.96. The number of rotatable bonds is 11. The standard InChI is InChI=1S/C30H30O4/c31-29(33-27-19-11-15-23-13-7-9-17-25(23)27)21-5-3-1-2-4-6-22-30(32)34-28-20-12-16-24-14-8-10-18-26(24)28/h7-20H,1-6,21-22H2. The summed E-state index contributed by atoms with van der Waals surface area (Å²) in [4.78, 5) is 24.4. The van der Waals surface area contributed by atoms with Crippen LogP contribution in [0, 0.1) is 0 Å². The van der Waals surface area contributed by atoms with Crippen LogP contribution in [-0.2, 0) is 9.59 Å². The lowest BCUT2D eigenvalue weighted by Gasteiger charge is -2.08. The van der Waals surface area contributed by atoms with Crippen molar-refractivity contribution in [2.24, 2.45) is 0 Å². The van der Waals surface area contributed by atoms with Crippen molar-refractivity contribution in [2.75, 3.05) is 0 Å². The van der Waals surface area contributed by atoms with Crippen molar-refractivity contribution in [3.63, 3.8) is 0 Å². The number of esters is 2. The first-order valence-electron chi connectivity index (χ1n) is 12.1. The highest BCUT2D eigenvalue weighted by molar-refractivity contribution is 5.91. The molecule has 4 aromatic rings. The van der Waals surface area contributed by atoms with E-state index in [9.17, 15) is 9.59 Å². The van der Waals surface area contributed by atoms with E-state index in [0.717, 1.165) is 60.1 Å². The van der Waals surface area contributed by atoms with Gasteiger partial charge in [0.25, 0.3) is 0 Å². The fraction of sp³-hybridized carbons (Fsp3) is 0.267. The van der Waals surface area contributed by atoms with Crippen molar-refractivity contribution in [1.29, 1.82) is 0 Å². The molecule has 0 aliphatic carbocycles. The zero-order chi connectivity index (χ0) is 23.6. The molecule has 0 spiro atoms. The molecule has 0 heterocycles. The van der Waals surface area contributed by atoms with Crippen LogP contribution in [0.2, 0.25) is 0 Å². The van der Waals surface area contributed by atoms with Gasteiger partial charge in [0, 0.05) is 23.6 Å². The third-order valence-corrected chi connectivity index (χ3v) is 5.96. The van der Waals surface area contributed by atoms with Crippen LogP contribution in [-0.4, -0.2) is 11.9 Å². The molecule has 0 aromatic heterocycles. The van der Waals surface area contributed by atoms with Gasteiger partial charge in [-0.1, -0.05) is 98.5 Å². The van der Waals surface area contributed by atoms with E-state index >= 15 is 0 Å². The Bertz CT molecular complexity index is 1150. The molecular formula is C30H30O4. The molecule has 4 nitrogen and oxygen atoms in total. The highest BCUT2D eigenvalue weighted by Gasteiger charge is 2.09. The smallest absolute Gasteiger partial charge is 0.311 e. The predicted molar refractivity (Wildman–Crippen MR) is 136 cm³/mol. The van der Waals surface area contributed by atoms with Crippen LogP contribution >= 0.6 is 0 Å². The number of fused-ring (bicyclic) bond motifs is 2. The lowest BCUT2D eigenvalue weighted by molar-refractivity contribution is -0.135. The van der Waals surface area contributed by atoms with Crippen LogP contribution < -0.4 is 9.47 Å². The first-order valence-corrected chi connectivity index (χ1v) is 12.1. The quantitative estimate of drug-likeness (QED) is 0.133.